The van der Waals surface area contributed by atoms with E-state index in [0.29, 0.717) is 29.9 Å². The maximum Gasteiger partial charge on any atom is 0.261 e. The van der Waals surface area contributed by atoms with Gasteiger partial charge in [-0.15, -0.1) is 0 Å². The topological polar surface area (TPSA) is 76.0 Å². The number of carbonyl (C=O) groups excluding carboxylic acids is 1. The molecule has 1 aromatic heterocycles. The van der Waals surface area contributed by atoms with Gasteiger partial charge in [-0.1, -0.05) is 15.9 Å². The monoisotopic (exact) mass is 392 g/mol. The lowest BCUT2D eigenvalue weighted by Gasteiger charge is -2.10. The zero-order valence-corrected chi connectivity index (χ0v) is 15.0. The number of aromatic nitrogens is 2. The predicted molar refractivity (Wildman–Crippen MR) is 96.9 cm³/mol. The van der Waals surface area contributed by atoms with Gasteiger partial charge in [0, 0.05) is 24.0 Å². The molecule has 2 aromatic rings. The molecule has 1 aromatic carbocycles. The van der Waals surface area contributed by atoms with E-state index in [1.165, 1.54) is 17.3 Å². The van der Waals surface area contributed by atoms with E-state index in [1.807, 2.05) is 6.07 Å². The molecule has 0 spiro atoms. The summed E-state index contributed by atoms with van der Waals surface area (Å²) >= 11 is 3.37. The lowest BCUT2D eigenvalue weighted by atomic mass is 10.1. The second kappa shape index (κ2) is 7.90. The first-order valence-corrected chi connectivity index (χ1v) is 9.05. The summed E-state index contributed by atoms with van der Waals surface area (Å²) in [5.41, 5.74) is 0.542. The Hall–Kier alpha value is -1.73. The van der Waals surface area contributed by atoms with Crippen LogP contribution in [0.3, 0.4) is 0 Å². The standard InChI is InChI=1S/C17H21BrN4O2/c18-13-1-2-15-14(9-13)17(24)22(11-21-15)8-5-16(23)20-7-4-12-3-6-19-10-12/h1-2,9,11-12,19H,3-8,10H2,(H,20,23). The zero-order valence-electron chi connectivity index (χ0n) is 13.4. The highest BCUT2D eigenvalue weighted by Crippen LogP contribution is 2.15. The number of aryl methyl sites for hydroxylation is 1. The Morgan fingerprint density at radius 1 is 1.46 bits per heavy atom. The van der Waals surface area contributed by atoms with E-state index in [9.17, 15) is 9.59 Å². The van der Waals surface area contributed by atoms with Crippen LogP contribution in [0.1, 0.15) is 19.3 Å². The number of carbonyl (C=O) groups is 1. The van der Waals surface area contributed by atoms with Crippen molar-refractivity contribution < 1.29 is 4.79 Å². The third-order valence-electron chi connectivity index (χ3n) is 4.40. The lowest BCUT2D eigenvalue weighted by molar-refractivity contribution is -0.121. The van der Waals surface area contributed by atoms with Crippen molar-refractivity contribution in [2.75, 3.05) is 19.6 Å². The van der Waals surface area contributed by atoms with E-state index in [1.54, 1.807) is 12.1 Å². The molecular formula is C17H21BrN4O2. The molecule has 1 aliphatic heterocycles. The maximum absolute atomic E-state index is 12.4. The first-order chi connectivity index (χ1) is 11.6. The van der Waals surface area contributed by atoms with Gasteiger partial charge in [-0.05, 0) is 50.0 Å². The number of benzene rings is 1. The molecule has 1 amide bonds. The summed E-state index contributed by atoms with van der Waals surface area (Å²) in [7, 11) is 0. The zero-order chi connectivity index (χ0) is 16.9. The molecule has 0 bridgehead atoms. The summed E-state index contributed by atoms with van der Waals surface area (Å²) in [5.74, 6) is 0.637. The summed E-state index contributed by atoms with van der Waals surface area (Å²) in [5, 5.41) is 6.81. The highest BCUT2D eigenvalue weighted by Gasteiger charge is 2.14. The van der Waals surface area contributed by atoms with Crippen molar-refractivity contribution in [2.45, 2.75) is 25.8 Å². The van der Waals surface area contributed by atoms with Crippen molar-refractivity contribution in [1.82, 2.24) is 20.2 Å². The summed E-state index contributed by atoms with van der Waals surface area (Å²) in [6, 6.07) is 5.42. The number of rotatable bonds is 6. The van der Waals surface area contributed by atoms with Gasteiger partial charge in [0.25, 0.3) is 5.56 Å². The second-order valence-electron chi connectivity index (χ2n) is 6.15. The third kappa shape index (κ3) is 4.21. The molecule has 3 rings (SSSR count). The number of nitrogens with one attached hydrogen (secondary N) is 2. The molecule has 0 saturated carbocycles. The molecule has 2 heterocycles. The Morgan fingerprint density at radius 3 is 3.12 bits per heavy atom. The van der Waals surface area contributed by atoms with Crippen molar-refractivity contribution in [2.24, 2.45) is 5.92 Å². The molecule has 1 unspecified atom stereocenters. The molecule has 1 fully saturated rings. The Labute approximate surface area is 148 Å². The molecular weight excluding hydrogens is 372 g/mol. The quantitative estimate of drug-likeness (QED) is 0.783. The van der Waals surface area contributed by atoms with Gasteiger partial charge in [-0.2, -0.15) is 0 Å². The van der Waals surface area contributed by atoms with E-state index in [-0.39, 0.29) is 17.9 Å². The van der Waals surface area contributed by atoms with E-state index in [0.717, 1.165) is 24.0 Å². The SMILES string of the molecule is O=C(CCn1cnc2ccc(Br)cc2c1=O)NCCC1CCNC1. The summed E-state index contributed by atoms with van der Waals surface area (Å²) in [4.78, 5) is 28.7. The average molecular weight is 393 g/mol. The molecule has 1 atom stereocenters. The fourth-order valence-electron chi connectivity index (χ4n) is 2.98. The minimum Gasteiger partial charge on any atom is -0.356 e. The van der Waals surface area contributed by atoms with Gasteiger partial charge < -0.3 is 10.6 Å². The molecule has 1 saturated heterocycles. The van der Waals surface area contributed by atoms with Crippen molar-refractivity contribution >= 4 is 32.7 Å². The van der Waals surface area contributed by atoms with E-state index in [2.05, 4.69) is 31.5 Å². The van der Waals surface area contributed by atoms with Crippen LogP contribution in [-0.2, 0) is 11.3 Å². The molecule has 24 heavy (non-hydrogen) atoms. The Balaban J connectivity index is 1.54. The number of nitrogens with zero attached hydrogens (tertiary/aromatic N) is 2. The number of hydrogen-bond acceptors (Lipinski definition) is 4. The Morgan fingerprint density at radius 2 is 2.33 bits per heavy atom. The van der Waals surface area contributed by atoms with Crippen LogP contribution >= 0.6 is 15.9 Å². The molecule has 6 nitrogen and oxygen atoms in total. The molecule has 0 aliphatic carbocycles. The fourth-order valence-corrected chi connectivity index (χ4v) is 3.34. The average Bonchev–Trinajstić information content (AvgIpc) is 3.08. The van der Waals surface area contributed by atoms with Gasteiger partial charge in [0.15, 0.2) is 0 Å². The van der Waals surface area contributed by atoms with Crippen LogP contribution in [0.15, 0.2) is 33.8 Å². The van der Waals surface area contributed by atoms with E-state index >= 15 is 0 Å². The van der Waals surface area contributed by atoms with E-state index in [4.69, 9.17) is 0 Å². The Kier molecular flexibility index (Phi) is 5.63. The second-order valence-corrected chi connectivity index (χ2v) is 7.07. The van der Waals surface area contributed by atoms with Crippen molar-refractivity contribution in [3.63, 3.8) is 0 Å². The van der Waals surface area contributed by atoms with Gasteiger partial charge in [-0.3, -0.25) is 14.2 Å². The highest BCUT2D eigenvalue weighted by atomic mass is 79.9. The number of fused-ring (bicyclic) bond motifs is 1. The molecule has 128 valence electrons. The third-order valence-corrected chi connectivity index (χ3v) is 4.90. The minimum absolute atomic E-state index is 0.0257. The van der Waals surface area contributed by atoms with Crippen LogP contribution in [0, 0.1) is 5.92 Å². The first kappa shape index (κ1) is 17.1. The van der Waals surface area contributed by atoms with Gasteiger partial charge >= 0.3 is 0 Å². The van der Waals surface area contributed by atoms with Crippen LogP contribution in [0.25, 0.3) is 10.9 Å². The molecule has 2 N–H and O–H groups in total. The van der Waals surface area contributed by atoms with Gasteiger partial charge in [0.05, 0.1) is 17.2 Å². The normalized spacial score (nSPS) is 17.3. The van der Waals surface area contributed by atoms with Crippen molar-refractivity contribution in [3.05, 3.63) is 39.4 Å². The van der Waals surface area contributed by atoms with Crippen molar-refractivity contribution in [1.29, 1.82) is 0 Å². The van der Waals surface area contributed by atoms with E-state index < -0.39 is 0 Å². The number of hydrogen-bond donors (Lipinski definition) is 2. The minimum atomic E-state index is -0.119. The molecule has 7 heteroatoms. The smallest absolute Gasteiger partial charge is 0.261 e. The van der Waals surface area contributed by atoms with Crippen LogP contribution in [0.2, 0.25) is 0 Å². The van der Waals surface area contributed by atoms with Crippen LogP contribution < -0.4 is 16.2 Å². The van der Waals surface area contributed by atoms with Crippen LogP contribution in [0.4, 0.5) is 0 Å². The lowest BCUT2D eigenvalue weighted by Crippen LogP contribution is -2.29. The van der Waals surface area contributed by atoms with Gasteiger partial charge in [0.2, 0.25) is 5.91 Å². The van der Waals surface area contributed by atoms with Crippen LogP contribution in [-0.4, -0.2) is 35.1 Å². The van der Waals surface area contributed by atoms with Crippen LogP contribution in [0.5, 0.6) is 0 Å². The molecule has 1 aliphatic rings. The highest BCUT2D eigenvalue weighted by molar-refractivity contribution is 9.10. The maximum atomic E-state index is 12.4. The Bertz CT molecular complexity index is 784. The van der Waals surface area contributed by atoms with Crippen molar-refractivity contribution in [3.8, 4) is 0 Å². The number of halogens is 1. The summed E-state index contributed by atoms with van der Waals surface area (Å²) in [6.07, 6.45) is 3.98. The van der Waals surface area contributed by atoms with Gasteiger partial charge in [0.1, 0.15) is 0 Å². The fraction of sp³-hybridized carbons (Fsp3) is 0.471. The summed E-state index contributed by atoms with van der Waals surface area (Å²) in [6.45, 7) is 3.16. The summed E-state index contributed by atoms with van der Waals surface area (Å²) < 4.78 is 2.33. The van der Waals surface area contributed by atoms with Gasteiger partial charge in [-0.25, -0.2) is 4.98 Å². The predicted octanol–water partition coefficient (Wildman–Crippen LogP) is 1.66. The first-order valence-electron chi connectivity index (χ1n) is 8.25. The molecule has 0 radical (unpaired) electrons. The number of amides is 1. The largest absolute Gasteiger partial charge is 0.356 e.